The lowest BCUT2D eigenvalue weighted by Crippen LogP contribution is -2.39. The van der Waals surface area contributed by atoms with E-state index in [9.17, 15) is 9.59 Å². The quantitative estimate of drug-likeness (QED) is 0.533. The van der Waals surface area contributed by atoms with Crippen molar-refractivity contribution >= 4 is 11.9 Å². The first-order valence-corrected chi connectivity index (χ1v) is 10.5. The molecule has 32 heavy (non-hydrogen) atoms. The van der Waals surface area contributed by atoms with Crippen molar-refractivity contribution in [1.82, 2.24) is 30.7 Å². The van der Waals surface area contributed by atoms with Crippen LogP contribution < -0.4 is 10.6 Å². The predicted molar refractivity (Wildman–Crippen MR) is 119 cm³/mol. The monoisotopic (exact) mass is 436 g/mol. The van der Waals surface area contributed by atoms with E-state index in [4.69, 9.17) is 4.52 Å². The van der Waals surface area contributed by atoms with Crippen molar-refractivity contribution in [1.29, 1.82) is 0 Å². The highest BCUT2D eigenvalue weighted by Gasteiger charge is 2.25. The maximum Gasteiger partial charge on any atom is 0.317 e. The van der Waals surface area contributed by atoms with Gasteiger partial charge in [0, 0.05) is 44.5 Å². The van der Waals surface area contributed by atoms with Crippen LogP contribution in [0.5, 0.6) is 0 Å². The SMILES string of the molecule is CC(C)C(NC(=O)CCNC(=O)N(C)Cc1ccccc1)c1nc(-c2ccncc2)no1. The second-order valence-corrected chi connectivity index (χ2v) is 7.80. The lowest BCUT2D eigenvalue weighted by Gasteiger charge is -2.20. The fourth-order valence-corrected chi connectivity index (χ4v) is 3.09. The molecule has 168 valence electrons. The van der Waals surface area contributed by atoms with Gasteiger partial charge in [0.2, 0.25) is 17.6 Å². The fraction of sp³-hybridized carbons (Fsp3) is 0.348. The van der Waals surface area contributed by atoms with Crippen LogP contribution in [0.2, 0.25) is 0 Å². The van der Waals surface area contributed by atoms with Gasteiger partial charge in [0.15, 0.2) is 0 Å². The number of rotatable bonds is 9. The number of nitrogens with one attached hydrogen (secondary N) is 2. The van der Waals surface area contributed by atoms with Gasteiger partial charge < -0.3 is 20.1 Å². The topological polar surface area (TPSA) is 113 Å². The molecule has 0 bridgehead atoms. The first kappa shape index (κ1) is 22.9. The zero-order chi connectivity index (χ0) is 22.9. The summed E-state index contributed by atoms with van der Waals surface area (Å²) in [6.07, 6.45) is 3.44. The minimum absolute atomic E-state index is 0.0382. The molecule has 0 radical (unpaired) electrons. The number of aromatic nitrogens is 3. The number of urea groups is 1. The molecule has 0 aliphatic rings. The first-order valence-electron chi connectivity index (χ1n) is 10.5. The summed E-state index contributed by atoms with van der Waals surface area (Å²) in [4.78, 5) is 34.7. The van der Waals surface area contributed by atoms with E-state index in [1.165, 1.54) is 0 Å². The molecule has 0 saturated heterocycles. The van der Waals surface area contributed by atoms with E-state index >= 15 is 0 Å². The van der Waals surface area contributed by atoms with E-state index in [0.29, 0.717) is 18.3 Å². The Morgan fingerprint density at radius 3 is 2.50 bits per heavy atom. The number of carbonyl (C=O) groups is 2. The zero-order valence-electron chi connectivity index (χ0n) is 18.5. The van der Waals surface area contributed by atoms with Gasteiger partial charge in [-0.25, -0.2) is 4.79 Å². The van der Waals surface area contributed by atoms with Crippen molar-refractivity contribution in [2.45, 2.75) is 32.9 Å². The maximum absolute atomic E-state index is 12.5. The van der Waals surface area contributed by atoms with Crippen LogP contribution in [-0.2, 0) is 11.3 Å². The predicted octanol–water partition coefficient (Wildman–Crippen LogP) is 3.18. The second kappa shape index (κ2) is 11.0. The highest BCUT2D eigenvalue weighted by Crippen LogP contribution is 2.23. The maximum atomic E-state index is 12.5. The van der Waals surface area contributed by atoms with E-state index in [2.05, 4.69) is 25.8 Å². The van der Waals surface area contributed by atoms with Crippen molar-refractivity contribution in [2.24, 2.45) is 5.92 Å². The Kier molecular flexibility index (Phi) is 7.91. The Balaban J connectivity index is 1.49. The molecule has 2 heterocycles. The zero-order valence-corrected chi connectivity index (χ0v) is 18.5. The molecular formula is C23H28N6O3. The van der Waals surface area contributed by atoms with Crippen LogP contribution in [-0.4, -0.2) is 45.6 Å². The highest BCUT2D eigenvalue weighted by atomic mass is 16.5. The molecule has 3 rings (SSSR count). The molecule has 1 unspecified atom stereocenters. The molecule has 9 nitrogen and oxygen atoms in total. The normalized spacial score (nSPS) is 11.8. The average molecular weight is 437 g/mol. The van der Waals surface area contributed by atoms with Gasteiger partial charge in [0.25, 0.3) is 0 Å². The molecule has 3 aromatic rings. The number of benzene rings is 1. The van der Waals surface area contributed by atoms with Gasteiger partial charge in [-0.2, -0.15) is 4.98 Å². The number of pyridine rings is 1. The molecule has 1 atom stereocenters. The van der Waals surface area contributed by atoms with Crippen molar-refractivity contribution in [2.75, 3.05) is 13.6 Å². The molecule has 0 saturated carbocycles. The van der Waals surface area contributed by atoms with E-state index in [-0.39, 0.29) is 30.8 Å². The molecule has 2 N–H and O–H groups in total. The minimum Gasteiger partial charge on any atom is -0.344 e. The molecule has 3 amide bonds. The summed E-state index contributed by atoms with van der Waals surface area (Å²) < 4.78 is 5.40. The van der Waals surface area contributed by atoms with Gasteiger partial charge in [0.1, 0.15) is 6.04 Å². The summed E-state index contributed by atoms with van der Waals surface area (Å²) in [6, 6.07) is 12.6. The molecule has 9 heteroatoms. The van der Waals surface area contributed by atoms with Gasteiger partial charge in [0.05, 0.1) is 0 Å². The fourth-order valence-electron chi connectivity index (χ4n) is 3.09. The largest absolute Gasteiger partial charge is 0.344 e. The summed E-state index contributed by atoms with van der Waals surface area (Å²) in [5, 5.41) is 9.71. The van der Waals surface area contributed by atoms with Crippen LogP contribution in [0, 0.1) is 5.92 Å². The second-order valence-electron chi connectivity index (χ2n) is 7.80. The number of hydrogen-bond donors (Lipinski definition) is 2. The van der Waals surface area contributed by atoms with Crippen LogP contribution in [0.1, 0.15) is 37.8 Å². The minimum atomic E-state index is -0.429. The van der Waals surface area contributed by atoms with Gasteiger partial charge in [-0.3, -0.25) is 9.78 Å². The Morgan fingerprint density at radius 2 is 1.81 bits per heavy atom. The molecule has 0 aliphatic heterocycles. The van der Waals surface area contributed by atoms with Crippen molar-refractivity contribution < 1.29 is 14.1 Å². The van der Waals surface area contributed by atoms with Gasteiger partial charge in [-0.05, 0) is 23.6 Å². The van der Waals surface area contributed by atoms with Crippen LogP contribution in [0.3, 0.4) is 0 Å². The average Bonchev–Trinajstić information content (AvgIpc) is 3.28. The van der Waals surface area contributed by atoms with Crippen LogP contribution in [0.15, 0.2) is 59.4 Å². The number of amides is 3. The smallest absolute Gasteiger partial charge is 0.317 e. The summed E-state index contributed by atoms with van der Waals surface area (Å²) in [7, 11) is 1.72. The van der Waals surface area contributed by atoms with Gasteiger partial charge in [-0.1, -0.05) is 49.3 Å². The number of hydrogen-bond acceptors (Lipinski definition) is 6. The van der Waals surface area contributed by atoms with Crippen molar-refractivity contribution in [3.8, 4) is 11.4 Å². The first-order chi connectivity index (χ1) is 15.4. The number of nitrogens with zero attached hydrogens (tertiary/aromatic N) is 4. The Morgan fingerprint density at radius 1 is 1.09 bits per heavy atom. The number of carbonyl (C=O) groups excluding carboxylic acids is 2. The Labute approximate surface area is 187 Å². The third-order valence-corrected chi connectivity index (χ3v) is 4.87. The van der Waals surface area contributed by atoms with Gasteiger partial charge >= 0.3 is 6.03 Å². The van der Waals surface area contributed by atoms with Crippen molar-refractivity contribution in [3.63, 3.8) is 0 Å². The summed E-state index contributed by atoms with van der Waals surface area (Å²) in [5.41, 5.74) is 1.82. The third kappa shape index (κ3) is 6.37. The van der Waals surface area contributed by atoms with Crippen LogP contribution >= 0.6 is 0 Å². The molecule has 0 aliphatic carbocycles. The molecule has 0 fully saturated rings. The lowest BCUT2D eigenvalue weighted by atomic mass is 10.0. The van der Waals surface area contributed by atoms with E-state index in [1.807, 2.05) is 44.2 Å². The molecule has 2 aromatic heterocycles. The summed E-state index contributed by atoms with van der Waals surface area (Å²) in [5.74, 6) is 0.609. The Hall–Kier alpha value is -3.75. The molecular weight excluding hydrogens is 408 g/mol. The standard InChI is InChI=1S/C23H28N6O3/c1-16(2)20(22-27-21(28-32-22)18-9-12-24-13-10-18)26-19(30)11-14-25-23(31)29(3)15-17-7-5-4-6-8-17/h4-10,12-13,16,20H,11,14-15H2,1-3H3,(H,25,31)(H,26,30). The summed E-state index contributed by atoms with van der Waals surface area (Å²) in [6.45, 7) is 4.63. The lowest BCUT2D eigenvalue weighted by molar-refractivity contribution is -0.122. The van der Waals surface area contributed by atoms with Gasteiger partial charge in [-0.15, -0.1) is 0 Å². The van der Waals surface area contributed by atoms with Crippen LogP contribution in [0.4, 0.5) is 4.79 Å². The van der Waals surface area contributed by atoms with Crippen LogP contribution in [0.25, 0.3) is 11.4 Å². The Bertz CT molecular complexity index is 1010. The molecule has 1 aromatic carbocycles. The van der Waals surface area contributed by atoms with E-state index < -0.39 is 6.04 Å². The van der Waals surface area contributed by atoms with E-state index in [0.717, 1.165) is 11.1 Å². The highest BCUT2D eigenvalue weighted by molar-refractivity contribution is 5.78. The molecule has 0 spiro atoms. The third-order valence-electron chi connectivity index (χ3n) is 4.87. The van der Waals surface area contributed by atoms with E-state index in [1.54, 1.807) is 36.5 Å². The summed E-state index contributed by atoms with van der Waals surface area (Å²) >= 11 is 0. The van der Waals surface area contributed by atoms with Crippen molar-refractivity contribution in [3.05, 3.63) is 66.3 Å².